The second-order valence-electron chi connectivity index (χ2n) is 6.96. The van der Waals surface area contributed by atoms with Gasteiger partial charge in [0.25, 0.3) is 5.89 Å². The van der Waals surface area contributed by atoms with E-state index in [-0.39, 0.29) is 11.4 Å². The Morgan fingerprint density at radius 3 is 2.96 bits per heavy atom. The molecule has 0 radical (unpaired) electrons. The van der Waals surface area contributed by atoms with E-state index in [1.54, 1.807) is 7.11 Å². The number of piperidine rings is 1. The number of aromatic nitrogens is 2. The van der Waals surface area contributed by atoms with Crippen molar-refractivity contribution in [2.75, 3.05) is 20.2 Å². The van der Waals surface area contributed by atoms with Crippen LogP contribution >= 0.6 is 0 Å². The van der Waals surface area contributed by atoms with E-state index in [0.29, 0.717) is 30.9 Å². The summed E-state index contributed by atoms with van der Waals surface area (Å²) in [5.41, 5.74) is -0.263. The second-order valence-corrected chi connectivity index (χ2v) is 6.96. The number of carbonyl (C=O) groups excluding carboxylic acids is 1. The molecule has 1 unspecified atom stereocenters. The van der Waals surface area contributed by atoms with Crippen molar-refractivity contribution in [1.29, 1.82) is 0 Å². The third-order valence-electron chi connectivity index (χ3n) is 4.94. The van der Waals surface area contributed by atoms with Crippen molar-refractivity contribution in [3.63, 3.8) is 0 Å². The molecule has 23 heavy (non-hydrogen) atoms. The quantitative estimate of drug-likeness (QED) is 0.919. The molecule has 7 heteroatoms. The van der Waals surface area contributed by atoms with Crippen molar-refractivity contribution in [1.82, 2.24) is 20.4 Å². The summed E-state index contributed by atoms with van der Waals surface area (Å²) in [4.78, 5) is 18.8. The van der Waals surface area contributed by atoms with Crippen LogP contribution in [0.25, 0.3) is 0 Å². The Kier molecular flexibility index (Phi) is 4.84. The molecule has 1 aromatic rings. The molecule has 0 bridgehead atoms. The van der Waals surface area contributed by atoms with Crippen molar-refractivity contribution in [2.45, 2.75) is 63.5 Å². The summed E-state index contributed by atoms with van der Waals surface area (Å²) in [6.07, 6.45) is 6.53. The molecule has 1 saturated carbocycles. The van der Waals surface area contributed by atoms with Gasteiger partial charge in [-0.05, 0) is 25.7 Å². The minimum absolute atomic E-state index is 0.0448. The van der Waals surface area contributed by atoms with E-state index in [2.05, 4.69) is 22.4 Å². The van der Waals surface area contributed by atoms with E-state index in [0.717, 1.165) is 32.2 Å². The van der Waals surface area contributed by atoms with E-state index in [4.69, 9.17) is 9.26 Å². The highest BCUT2D eigenvalue weighted by atomic mass is 16.5. The molecular weight excluding hydrogens is 296 g/mol. The van der Waals surface area contributed by atoms with Gasteiger partial charge in [-0.2, -0.15) is 4.98 Å². The summed E-state index contributed by atoms with van der Waals surface area (Å²) in [5.74, 6) is 1.15. The zero-order chi connectivity index (χ0) is 16.3. The summed E-state index contributed by atoms with van der Waals surface area (Å²) < 4.78 is 10.2. The highest BCUT2D eigenvalue weighted by Gasteiger charge is 2.38. The van der Waals surface area contributed by atoms with Gasteiger partial charge in [0.05, 0.1) is 0 Å². The third-order valence-corrected chi connectivity index (χ3v) is 4.94. The lowest BCUT2D eigenvalue weighted by molar-refractivity contribution is 0.146. The van der Waals surface area contributed by atoms with Gasteiger partial charge in [-0.25, -0.2) is 4.79 Å². The Labute approximate surface area is 136 Å². The molecule has 7 nitrogen and oxygen atoms in total. The number of nitrogens with one attached hydrogen (secondary N) is 1. The van der Waals surface area contributed by atoms with Crippen LogP contribution < -0.4 is 5.32 Å². The molecule has 2 amide bonds. The molecule has 128 valence electrons. The first-order chi connectivity index (χ1) is 11.1. The number of ether oxygens (including phenoxy) is 1. The van der Waals surface area contributed by atoms with Crippen LogP contribution in [-0.4, -0.2) is 47.3 Å². The molecule has 2 aliphatic rings. The summed E-state index contributed by atoms with van der Waals surface area (Å²) >= 11 is 0. The van der Waals surface area contributed by atoms with Crippen LogP contribution in [0.3, 0.4) is 0 Å². The number of hydrogen-bond acceptors (Lipinski definition) is 5. The molecule has 1 N–H and O–H groups in total. The van der Waals surface area contributed by atoms with Crippen molar-refractivity contribution in [3.05, 3.63) is 11.7 Å². The molecule has 1 aliphatic heterocycles. The maximum atomic E-state index is 12.5. The molecule has 1 saturated heterocycles. The summed E-state index contributed by atoms with van der Waals surface area (Å²) in [6, 6.07) is 0.387. The van der Waals surface area contributed by atoms with Crippen LogP contribution in [0, 0.1) is 0 Å². The molecular formula is C16H26N4O3. The van der Waals surface area contributed by atoms with Gasteiger partial charge in [0.1, 0.15) is 6.61 Å². The predicted molar refractivity (Wildman–Crippen MR) is 84.0 cm³/mol. The minimum Gasteiger partial charge on any atom is -0.375 e. The zero-order valence-corrected chi connectivity index (χ0v) is 14.0. The number of hydrogen-bond donors (Lipinski definition) is 1. The predicted octanol–water partition coefficient (Wildman–Crippen LogP) is 2.22. The SMILES string of the molecule is COCc1nc(C2(C)CCCN(C(=O)NC3CCCC3)C2)no1. The number of urea groups is 1. The Bertz CT molecular complexity index is 541. The topological polar surface area (TPSA) is 80.5 Å². The monoisotopic (exact) mass is 322 g/mol. The number of nitrogens with zero attached hydrogens (tertiary/aromatic N) is 3. The lowest BCUT2D eigenvalue weighted by atomic mass is 9.81. The van der Waals surface area contributed by atoms with E-state index >= 15 is 0 Å². The fourth-order valence-corrected chi connectivity index (χ4v) is 3.61. The summed E-state index contributed by atoms with van der Waals surface area (Å²) in [5, 5.41) is 7.27. The first kappa shape index (κ1) is 16.2. The largest absolute Gasteiger partial charge is 0.375 e. The second kappa shape index (κ2) is 6.86. The molecule has 0 aromatic carbocycles. The van der Waals surface area contributed by atoms with Gasteiger partial charge < -0.3 is 19.5 Å². The summed E-state index contributed by atoms with van der Waals surface area (Å²) in [7, 11) is 1.60. The van der Waals surface area contributed by atoms with Gasteiger partial charge in [-0.3, -0.25) is 0 Å². The van der Waals surface area contributed by atoms with E-state index in [9.17, 15) is 4.79 Å². The third kappa shape index (κ3) is 3.65. The number of rotatable bonds is 4. The van der Waals surface area contributed by atoms with Gasteiger partial charge in [0.15, 0.2) is 5.82 Å². The number of methoxy groups -OCH3 is 1. The number of amides is 2. The Morgan fingerprint density at radius 2 is 2.22 bits per heavy atom. The van der Waals surface area contributed by atoms with E-state index in [1.807, 2.05) is 4.90 Å². The van der Waals surface area contributed by atoms with Crippen LogP contribution in [0.5, 0.6) is 0 Å². The molecule has 1 aliphatic carbocycles. The van der Waals surface area contributed by atoms with Gasteiger partial charge >= 0.3 is 6.03 Å². The van der Waals surface area contributed by atoms with Crippen LogP contribution in [0.4, 0.5) is 4.79 Å². The van der Waals surface area contributed by atoms with Crippen molar-refractivity contribution in [3.8, 4) is 0 Å². The first-order valence-electron chi connectivity index (χ1n) is 8.48. The molecule has 3 rings (SSSR count). The van der Waals surface area contributed by atoms with Gasteiger partial charge in [0, 0.05) is 31.7 Å². The van der Waals surface area contributed by atoms with Crippen LogP contribution in [-0.2, 0) is 16.8 Å². The standard InChI is InChI=1S/C16H26N4O3/c1-16(14-18-13(10-22-2)23-19-14)8-5-9-20(11-16)15(21)17-12-6-3-4-7-12/h12H,3-11H2,1-2H3,(H,17,21). The minimum atomic E-state index is -0.263. The zero-order valence-electron chi connectivity index (χ0n) is 14.0. The van der Waals surface area contributed by atoms with Gasteiger partial charge in [0.2, 0.25) is 0 Å². The average Bonchev–Trinajstić information content (AvgIpc) is 3.20. The maximum absolute atomic E-state index is 12.5. The smallest absolute Gasteiger partial charge is 0.317 e. The van der Waals surface area contributed by atoms with Crippen molar-refractivity contribution in [2.24, 2.45) is 0 Å². The lowest BCUT2D eigenvalue weighted by Crippen LogP contribution is -2.52. The molecule has 0 spiro atoms. The highest BCUT2D eigenvalue weighted by Crippen LogP contribution is 2.32. The molecule has 2 fully saturated rings. The fraction of sp³-hybridized carbons (Fsp3) is 0.812. The molecule has 2 heterocycles. The Hall–Kier alpha value is -1.63. The fourth-order valence-electron chi connectivity index (χ4n) is 3.61. The Balaban J connectivity index is 1.64. The number of likely N-dealkylation sites (tertiary alicyclic amines) is 1. The highest BCUT2D eigenvalue weighted by molar-refractivity contribution is 5.74. The lowest BCUT2D eigenvalue weighted by Gasteiger charge is -2.38. The summed E-state index contributed by atoms with van der Waals surface area (Å²) in [6.45, 7) is 3.83. The first-order valence-corrected chi connectivity index (χ1v) is 8.48. The van der Waals surface area contributed by atoms with Gasteiger partial charge in [-0.15, -0.1) is 0 Å². The van der Waals surface area contributed by atoms with Crippen LogP contribution in [0.15, 0.2) is 4.52 Å². The van der Waals surface area contributed by atoms with E-state index in [1.165, 1.54) is 12.8 Å². The van der Waals surface area contributed by atoms with Crippen molar-refractivity contribution < 1.29 is 14.1 Å². The van der Waals surface area contributed by atoms with Gasteiger partial charge in [-0.1, -0.05) is 24.9 Å². The van der Waals surface area contributed by atoms with E-state index < -0.39 is 0 Å². The van der Waals surface area contributed by atoms with Crippen molar-refractivity contribution >= 4 is 6.03 Å². The maximum Gasteiger partial charge on any atom is 0.317 e. The number of carbonyl (C=O) groups is 1. The Morgan fingerprint density at radius 1 is 1.43 bits per heavy atom. The molecule has 1 aromatic heterocycles. The molecule has 1 atom stereocenters. The van der Waals surface area contributed by atoms with Crippen LogP contribution in [0.2, 0.25) is 0 Å². The average molecular weight is 322 g/mol. The van der Waals surface area contributed by atoms with Crippen LogP contribution in [0.1, 0.15) is 57.2 Å². The normalized spacial score (nSPS) is 25.7.